The van der Waals surface area contributed by atoms with Crippen molar-refractivity contribution >= 4 is 34.2 Å². The van der Waals surface area contributed by atoms with Crippen molar-refractivity contribution in [2.45, 2.75) is 63.5 Å². The zero-order valence-corrected chi connectivity index (χ0v) is 18.5. The first-order chi connectivity index (χ1) is 13.1. The highest BCUT2D eigenvalue weighted by molar-refractivity contribution is 14.1. The van der Waals surface area contributed by atoms with Crippen LogP contribution in [0.3, 0.4) is 0 Å². The van der Waals surface area contributed by atoms with Crippen LogP contribution in [-0.4, -0.2) is 44.6 Å². The molecule has 0 aromatic carbocycles. The molecule has 28 heavy (non-hydrogen) atoms. The van der Waals surface area contributed by atoms with E-state index in [9.17, 15) is 14.7 Å². The Kier molecular flexibility index (Phi) is 3.84. The molecule has 1 aliphatic heterocycles. The van der Waals surface area contributed by atoms with Gasteiger partial charge in [0.15, 0.2) is 11.6 Å². The molecule has 0 bridgehead atoms. The van der Waals surface area contributed by atoms with Crippen LogP contribution in [0.5, 0.6) is 0 Å². The standard InChI is InChI=1S/C22H26FIO4/c1-11-6-13-14-8-16(23)15-7-12(25)4-5-19(15,2)22(14)18(28-22)9-20(13,3)21(11,27)17(26)10-24/h4-5,7,11,13-14,16,18,27H,6,8-10H2,1-3H3/t11-,13+,14+,16+,18+,19+,20+,21+,22-/m1/s1. The third kappa shape index (κ3) is 1.89. The molecule has 0 radical (unpaired) electrons. The van der Waals surface area contributed by atoms with Crippen LogP contribution in [-0.2, 0) is 14.3 Å². The number of Topliss-reactive ketones (excluding diaryl/α,β-unsaturated/α-hetero) is 1. The maximum atomic E-state index is 15.4. The average molecular weight is 500 g/mol. The van der Waals surface area contributed by atoms with Crippen LogP contribution in [0.15, 0.2) is 23.8 Å². The van der Waals surface area contributed by atoms with Gasteiger partial charge in [0, 0.05) is 10.8 Å². The summed E-state index contributed by atoms with van der Waals surface area (Å²) >= 11 is 2.03. The van der Waals surface area contributed by atoms with Crippen LogP contribution in [0.2, 0.25) is 0 Å². The van der Waals surface area contributed by atoms with Crippen LogP contribution < -0.4 is 0 Å². The van der Waals surface area contributed by atoms with E-state index in [-0.39, 0.29) is 39.9 Å². The molecule has 3 saturated carbocycles. The van der Waals surface area contributed by atoms with Gasteiger partial charge in [0.05, 0.1) is 10.5 Å². The lowest BCUT2D eigenvalue weighted by molar-refractivity contribution is -0.160. The van der Waals surface area contributed by atoms with Crippen LogP contribution in [0.4, 0.5) is 4.39 Å². The summed E-state index contributed by atoms with van der Waals surface area (Å²) in [6.45, 7) is 5.96. The second-order valence-corrected chi connectivity index (χ2v) is 10.7. The predicted octanol–water partition coefficient (Wildman–Crippen LogP) is 3.35. The minimum absolute atomic E-state index is 0.0146. The summed E-state index contributed by atoms with van der Waals surface area (Å²) in [7, 11) is 0. The SMILES string of the molecule is C[C@@H]1C[C@H]2[C@@H]3C[C@H](F)C4=CC(=O)C=C[C@]4(C)[C@@]34O[C@H]4C[C@]2(C)[C@@]1(O)C(=O)CI. The fourth-order valence-electron chi connectivity index (χ4n) is 7.67. The highest BCUT2D eigenvalue weighted by Crippen LogP contribution is 2.76. The van der Waals surface area contributed by atoms with Gasteiger partial charge in [-0.1, -0.05) is 42.5 Å². The van der Waals surface area contributed by atoms with Gasteiger partial charge >= 0.3 is 0 Å². The van der Waals surface area contributed by atoms with Gasteiger partial charge in [-0.2, -0.15) is 0 Å². The van der Waals surface area contributed by atoms with Gasteiger partial charge in [-0.3, -0.25) is 9.59 Å². The molecule has 1 spiro atoms. The lowest BCUT2D eigenvalue weighted by Crippen LogP contribution is -2.63. The molecule has 4 nitrogen and oxygen atoms in total. The van der Waals surface area contributed by atoms with Crippen molar-refractivity contribution in [1.29, 1.82) is 0 Å². The topological polar surface area (TPSA) is 66.9 Å². The van der Waals surface area contributed by atoms with E-state index in [1.165, 1.54) is 12.2 Å². The Morgan fingerprint density at radius 3 is 2.75 bits per heavy atom. The zero-order valence-electron chi connectivity index (χ0n) is 16.4. The minimum atomic E-state index is -1.39. The fraction of sp³-hybridized carbons (Fsp3) is 0.727. The number of hydrogen-bond acceptors (Lipinski definition) is 4. The fourth-order valence-corrected chi connectivity index (χ4v) is 8.25. The molecule has 0 aromatic heterocycles. The van der Waals surface area contributed by atoms with Crippen molar-refractivity contribution in [3.05, 3.63) is 23.8 Å². The number of rotatable bonds is 2. The van der Waals surface area contributed by atoms with Gasteiger partial charge in [-0.05, 0) is 61.7 Å². The molecule has 0 amide bonds. The van der Waals surface area contributed by atoms with E-state index in [0.717, 1.165) is 0 Å². The first kappa shape index (κ1) is 19.4. The Morgan fingerprint density at radius 1 is 1.36 bits per heavy atom. The largest absolute Gasteiger partial charge is 0.381 e. The van der Waals surface area contributed by atoms with Crippen molar-refractivity contribution in [1.82, 2.24) is 0 Å². The summed E-state index contributed by atoms with van der Waals surface area (Å²) in [5, 5.41) is 11.6. The number of hydrogen-bond donors (Lipinski definition) is 1. The summed E-state index contributed by atoms with van der Waals surface area (Å²) < 4.78 is 22.0. The van der Waals surface area contributed by atoms with E-state index in [2.05, 4.69) is 0 Å². The number of carbonyl (C=O) groups excluding carboxylic acids is 2. The Bertz CT molecular complexity index is 853. The molecule has 4 aliphatic carbocycles. The van der Waals surface area contributed by atoms with Crippen molar-refractivity contribution in [3.63, 3.8) is 0 Å². The number of allylic oxidation sites excluding steroid dienone is 2. The quantitative estimate of drug-likeness (QED) is 0.359. The van der Waals surface area contributed by atoms with Crippen LogP contribution >= 0.6 is 22.6 Å². The second kappa shape index (κ2) is 5.55. The Hall–Kier alpha value is -0.600. The maximum Gasteiger partial charge on any atom is 0.178 e. The molecule has 5 rings (SSSR count). The highest BCUT2D eigenvalue weighted by Gasteiger charge is 2.82. The molecule has 5 aliphatic rings. The number of ether oxygens (including phenoxy) is 1. The van der Waals surface area contributed by atoms with Gasteiger partial charge in [0.1, 0.15) is 17.4 Å². The first-order valence-electron chi connectivity index (χ1n) is 10.1. The Morgan fingerprint density at radius 2 is 2.07 bits per heavy atom. The molecule has 4 fully saturated rings. The normalized spacial score (nSPS) is 56.3. The summed E-state index contributed by atoms with van der Waals surface area (Å²) in [4.78, 5) is 24.8. The molecular weight excluding hydrogens is 474 g/mol. The zero-order chi connectivity index (χ0) is 20.3. The molecule has 0 aromatic rings. The van der Waals surface area contributed by atoms with Crippen molar-refractivity contribution in [3.8, 4) is 0 Å². The summed E-state index contributed by atoms with van der Waals surface area (Å²) in [6.07, 6.45) is 5.08. The van der Waals surface area contributed by atoms with Gasteiger partial charge in [0.25, 0.3) is 0 Å². The molecule has 6 heteroatoms. The monoisotopic (exact) mass is 500 g/mol. The lowest BCUT2D eigenvalue weighted by atomic mass is 9.46. The number of ketones is 2. The van der Waals surface area contributed by atoms with Crippen molar-refractivity contribution in [2.75, 3.05) is 4.43 Å². The molecular formula is C22H26FIO4. The van der Waals surface area contributed by atoms with Gasteiger partial charge in [-0.25, -0.2) is 4.39 Å². The first-order valence-corrected chi connectivity index (χ1v) is 11.7. The van der Waals surface area contributed by atoms with E-state index >= 15 is 4.39 Å². The van der Waals surface area contributed by atoms with Crippen LogP contribution in [0.1, 0.15) is 40.0 Å². The van der Waals surface area contributed by atoms with E-state index in [1.54, 1.807) is 0 Å². The van der Waals surface area contributed by atoms with Gasteiger partial charge in [0.2, 0.25) is 0 Å². The average Bonchev–Trinajstić information content (AvgIpc) is 3.34. The Labute approximate surface area is 178 Å². The van der Waals surface area contributed by atoms with Gasteiger partial charge in [-0.15, -0.1) is 0 Å². The number of epoxide rings is 1. The summed E-state index contributed by atoms with van der Waals surface area (Å²) in [5.41, 5.74) is -2.65. The van der Waals surface area contributed by atoms with E-state index in [1.807, 2.05) is 49.4 Å². The molecule has 1 N–H and O–H groups in total. The van der Waals surface area contributed by atoms with Crippen LogP contribution in [0, 0.1) is 28.6 Å². The smallest absolute Gasteiger partial charge is 0.178 e. The highest BCUT2D eigenvalue weighted by atomic mass is 127. The second-order valence-electron chi connectivity index (χ2n) is 9.94. The number of carbonyl (C=O) groups is 2. The number of fused-ring (bicyclic) bond motifs is 3. The van der Waals surface area contributed by atoms with Crippen molar-refractivity contribution in [2.24, 2.45) is 28.6 Å². The number of halogens is 2. The number of alkyl halides is 2. The summed E-state index contributed by atoms with van der Waals surface area (Å²) in [5.74, 6) is -0.517. The van der Waals surface area contributed by atoms with Crippen molar-refractivity contribution < 1.29 is 23.8 Å². The van der Waals surface area contributed by atoms with E-state index in [0.29, 0.717) is 24.8 Å². The third-order valence-electron chi connectivity index (χ3n) is 9.05. The third-order valence-corrected chi connectivity index (χ3v) is 9.74. The summed E-state index contributed by atoms with van der Waals surface area (Å²) in [6, 6.07) is 0. The molecule has 152 valence electrons. The van der Waals surface area contributed by atoms with Gasteiger partial charge < -0.3 is 9.84 Å². The molecule has 1 saturated heterocycles. The molecule has 9 atom stereocenters. The minimum Gasteiger partial charge on any atom is -0.381 e. The van der Waals surface area contributed by atoms with E-state index < -0.39 is 28.2 Å². The molecule has 0 unspecified atom stereocenters. The molecule has 1 heterocycles. The van der Waals surface area contributed by atoms with E-state index in [4.69, 9.17) is 4.74 Å². The maximum absolute atomic E-state index is 15.4. The Balaban J connectivity index is 1.63. The number of aliphatic hydroxyl groups is 1. The predicted molar refractivity (Wildman–Crippen MR) is 110 cm³/mol. The lowest BCUT2D eigenvalue weighted by Gasteiger charge is -2.56. The van der Waals surface area contributed by atoms with Crippen LogP contribution in [0.25, 0.3) is 0 Å².